The van der Waals surface area contributed by atoms with Crippen molar-refractivity contribution in [2.24, 2.45) is 0 Å². The van der Waals surface area contributed by atoms with Gasteiger partial charge in [-0.15, -0.1) is 0 Å². The predicted octanol–water partition coefficient (Wildman–Crippen LogP) is 3.34. The van der Waals surface area contributed by atoms with Gasteiger partial charge in [0.1, 0.15) is 5.82 Å². The summed E-state index contributed by atoms with van der Waals surface area (Å²) in [6.07, 6.45) is 0.702. The fourth-order valence-corrected chi connectivity index (χ4v) is 2.27. The molecule has 0 fully saturated rings. The first kappa shape index (κ1) is 15.7. The van der Waals surface area contributed by atoms with Crippen molar-refractivity contribution >= 4 is 11.4 Å². The van der Waals surface area contributed by atoms with E-state index in [9.17, 15) is 10.1 Å². The molecule has 0 aliphatic carbocycles. The van der Waals surface area contributed by atoms with Crippen molar-refractivity contribution < 1.29 is 4.92 Å². The van der Waals surface area contributed by atoms with Crippen molar-refractivity contribution in [2.75, 3.05) is 11.9 Å². The molecule has 0 bridgehead atoms. The third kappa shape index (κ3) is 3.75. The first-order chi connectivity index (χ1) is 11.6. The van der Waals surface area contributed by atoms with E-state index in [4.69, 9.17) is 0 Å². The van der Waals surface area contributed by atoms with Crippen LogP contribution >= 0.6 is 0 Å². The van der Waals surface area contributed by atoms with Crippen LogP contribution in [-0.4, -0.2) is 26.6 Å². The first-order valence-corrected chi connectivity index (χ1v) is 7.58. The molecule has 0 atom stereocenters. The maximum Gasteiger partial charge on any atom is 0.269 e. The molecule has 3 rings (SSSR count). The van der Waals surface area contributed by atoms with Gasteiger partial charge < -0.3 is 5.32 Å². The molecule has 2 aromatic carbocycles. The lowest BCUT2D eigenvalue weighted by atomic mass is 10.2. The molecule has 1 heterocycles. The minimum absolute atomic E-state index is 0.0526. The van der Waals surface area contributed by atoms with Gasteiger partial charge in [-0.3, -0.25) is 15.2 Å². The Morgan fingerprint density at radius 3 is 2.50 bits per heavy atom. The smallest absolute Gasteiger partial charge is 0.269 e. The number of benzene rings is 2. The lowest BCUT2D eigenvalue weighted by Crippen LogP contribution is -2.05. The van der Waals surface area contributed by atoms with Crippen LogP contribution in [0.4, 0.5) is 11.4 Å². The zero-order chi connectivity index (χ0) is 16.9. The molecule has 7 nitrogen and oxygen atoms in total. The second-order valence-electron chi connectivity index (χ2n) is 5.45. The zero-order valence-corrected chi connectivity index (χ0v) is 13.2. The molecule has 2 N–H and O–H groups in total. The van der Waals surface area contributed by atoms with Gasteiger partial charge in [0.25, 0.3) is 5.69 Å². The fourth-order valence-electron chi connectivity index (χ4n) is 2.27. The van der Waals surface area contributed by atoms with E-state index in [0.717, 1.165) is 23.6 Å². The van der Waals surface area contributed by atoms with Crippen LogP contribution in [0.15, 0.2) is 48.5 Å². The SMILES string of the molecule is Cc1ccc(NCCc2nc(-c3ccc([N+](=O)[O-])cc3)n[nH]2)cc1. The van der Waals surface area contributed by atoms with Crippen LogP contribution in [0, 0.1) is 17.0 Å². The third-order valence-electron chi connectivity index (χ3n) is 3.61. The molecule has 0 radical (unpaired) electrons. The maximum absolute atomic E-state index is 10.7. The topological polar surface area (TPSA) is 96.7 Å². The molecular weight excluding hydrogens is 306 g/mol. The summed E-state index contributed by atoms with van der Waals surface area (Å²) in [5.74, 6) is 1.30. The summed E-state index contributed by atoms with van der Waals surface area (Å²) in [6, 6.07) is 14.4. The van der Waals surface area contributed by atoms with Crippen molar-refractivity contribution in [1.29, 1.82) is 0 Å². The van der Waals surface area contributed by atoms with Crippen LogP contribution in [-0.2, 0) is 6.42 Å². The van der Waals surface area contributed by atoms with Crippen molar-refractivity contribution in [3.05, 3.63) is 70.0 Å². The van der Waals surface area contributed by atoms with E-state index < -0.39 is 4.92 Å². The number of hydrogen-bond acceptors (Lipinski definition) is 5. The quantitative estimate of drug-likeness (QED) is 0.535. The number of aromatic amines is 1. The Morgan fingerprint density at radius 2 is 1.83 bits per heavy atom. The van der Waals surface area contributed by atoms with Gasteiger partial charge in [0, 0.05) is 36.3 Å². The molecular formula is C17H17N5O2. The highest BCUT2D eigenvalue weighted by atomic mass is 16.6. The highest BCUT2D eigenvalue weighted by Gasteiger charge is 2.09. The number of rotatable bonds is 6. The van der Waals surface area contributed by atoms with Crippen molar-refractivity contribution in [3.63, 3.8) is 0 Å². The summed E-state index contributed by atoms with van der Waals surface area (Å²) in [4.78, 5) is 14.7. The average molecular weight is 323 g/mol. The molecule has 7 heteroatoms. The largest absolute Gasteiger partial charge is 0.385 e. The molecule has 0 saturated carbocycles. The van der Waals surface area contributed by atoms with Gasteiger partial charge in [-0.2, -0.15) is 5.10 Å². The molecule has 0 aliphatic rings. The lowest BCUT2D eigenvalue weighted by molar-refractivity contribution is -0.384. The van der Waals surface area contributed by atoms with E-state index >= 15 is 0 Å². The summed E-state index contributed by atoms with van der Waals surface area (Å²) in [5, 5.41) is 21.1. The van der Waals surface area contributed by atoms with Crippen LogP contribution in [0.5, 0.6) is 0 Å². The Morgan fingerprint density at radius 1 is 1.12 bits per heavy atom. The number of non-ortho nitro benzene ring substituents is 1. The van der Waals surface area contributed by atoms with Crippen LogP contribution in [0.3, 0.4) is 0 Å². The van der Waals surface area contributed by atoms with Crippen molar-refractivity contribution in [1.82, 2.24) is 15.2 Å². The van der Waals surface area contributed by atoms with Gasteiger partial charge in [0.15, 0.2) is 5.82 Å². The van der Waals surface area contributed by atoms with Gasteiger partial charge >= 0.3 is 0 Å². The summed E-state index contributed by atoms with van der Waals surface area (Å²) in [7, 11) is 0. The average Bonchev–Trinajstić information content (AvgIpc) is 3.06. The molecule has 122 valence electrons. The Labute approximate surface area is 138 Å². The third-order valence-corrected chi connectivity index (χ3v) is 3.61. The normalized spacial score (nSPS) is 10.5. The molecule has 0 saturated heterocycles. The van der Waals surface area contributed by atoms with Gasteiger partial charge in [-0.1, -0.05) is 17.7 Å². The van der Waals surface area contributed by atoms with E-state index in [2.05, 4.69) is 39.6 Å². The fraction of sp³-hybridized carbons (Fsp3) is 0.176. The second kappa shape index (κ2) is 6.91. The number of aryl methyl sites for hydroxylation is 1. The number of aromatic nitrogens is 3. The molecule has 0 amide bonds. The van der Waals surface area contributed by atoms with Crippen LogP contribution in [0.1, 0.15) is 11.4 Å². The van der Waals surface area contributed by atoms with Crippen molar-refractivity contribution in [2.45, 2.75) is 13.3 Å². The standard InChI is InChI=1S/C17H17N5O2/c1-12-2-6-14(7-3-12)18-11-10-16-19-17(21-20-16)13-4-8-15(9-5-13)22(23)24/h2-9,18H,10-11H2,1H3,(H,19,20,21). The summed E-state index contributed by atoms with van der Waals surface area (Å²) in [5.41, 5.74) is 3.09. The van der Waals surface area contributed by atoms with E-state index in [1.807, 2.05) is 12.1 Å². The molecule has 1 aromatic heterocycles. The minimum Gasteiger partial charge on any atom is -0.385 e. The second-order valence-corrected chi connectivity index (χ2v) is 5.45. The Kier molecular flexibility index (Phi) is 4.51. The Balaban J connectivity index is 1.59. The van der Waals surface area contributed by atoms with E-state index in [1.165, 1.54) is 17.7 Å². The Hall–Kier alpha value is -3.22. The van der Waals surface area contributed by atoms with E-state index in [0.29, 0.717) is 12.2 Å². The minimum atomic E-state index is -0.427. The molecule has 3 aromatic rings. The highest BCUT2D eigenvalue weighted by Crippen LogP contribution is 2.19. The first-order valence-electron chi connectivity index (χ1n) is 7.58. The van der Waals surface area contributed by atoms with E-state index in [-0.39, 0.29) is 5.69 Å². The molecule has 0 unspecified atom stereocenters. The van der Waals surface area contributed by atoms with Crippen LogP contribution < -0.4 is 5.32 Å². The number of nitrogens with one attached hydrogen (secondary N) is 2. The lowest BCUT2D eigenvalue weighted by Gasteiger charge is -2.04. The predicted molar refractivity (Wildman–Crippen MR) is 91.8 cm³/mol. The summed E-state index contributed by atoms with van der Waals surface area (Å²) >= 11 is 0. The number of nitro benzene ring substituents is 1. The van der Waals surface area contributed by atoms with Gasteiger partial charge in [-0.05, 0) is 31.2 Å². The summed E-state index contributed by atoms with van der Waals surface area (Å²) in [6.45, 7) is 2.79. The zero-order valence-electron chi connectivity index (χ0n) is 13.2. The number of nitro groups is 1. The van der Waals surface area contributed by atoms with Crippen molar-refractivity contribution in [3.8, 4) is 11.4 Å². The van der Waals surface area contributed by atoms with E-state index in [1.54, 1.807) is 12.1 Å². The molecule has 24 heavy (non-hydrogen) atoms. The monoisotopic (exact) mass is 323 g/mol. The van der Waals surface area contributed by atoms with Gasteiger partial charge in [0.2, 0.25) is 0 Å². The number of anilines is 1. The Bertz CT molecular complexity index is 825. The van der Waals surface area contributed by atoms with Crippen LogP contribution in [0.2, 0.25) is 0 Å². The van der Waals surface area contributed by atoms with Gasteiger partial charge in [-0.25, -0.2) is 4.98 Å². The highest BCUT2D eigenvalue weighted by molar-refractivity contribution is 5.56. The van der Waals surface area contributed by atoms with Gasteiger partial charge in [0.05, 0.1) is 4.92 Å². The van der Waals surface area contributed by atoms with Crippen LogP contribution in [0.25, 0.3) is 11.4 Å². The molecule has 0 aliphatic heterocycles. The maximum atomic E-state index is 10.7. The number of H-pyrrole nitrogens is 1. The number of hydrogen-bond donors (Lipinski definition) is 2. The number of nitrogens with zero attached hydrogens (tertiary/aromatic N) is 3. The molecule has 0 spiro atoms. The summed E-state index contributed by atoms with van der Waals surface area (Å²) < 4.78 is 0.